The molecule has 0 radical (unpaired) electrons. The summed E-state index contributed by atoms with van der Waals surface area (Å²) in [5.74, 6) is 2.83. The van der Waals surface area contributed by atoms with Gasteiger partial charge in [-0.15, -0.1) is 10.2 Å². The third-order valence-corrected chi connectivity index (χ3v) is 4.85. The van der Waals surface area contributed by atoms with Crippen molar-refractivity contribution in [3.63, 3.8) is 0 Å². The van der Waals surface area contributed by atoms with Crippen LogP contribution >= 0.6 is 0 Å². The molecule has 132 valence electrons. The summed E-state index contributed by atoms with van der Waals surface area (Å²) in [6.45, 7) is 2.63. The fraction of sp³-hybridized carbons (Fsp3) is 0.500. The molecule has 7 nitrogen and oxygen atoms in total. The number of hydrogen-bond donors (Lipinski definition) is 0. The highest BCUT2D eigenvalue weighted by atomic mass is 16.6. The zero-order valence-electron chi connectivity index (χ0n) is 14.4. The molecule has 1 saturated heterocycles. The summed E-state index contributed by atoms with van der Waals surface area (Å²) in [5.41, 5.74) is 0.954. The molecule has 1 atom stereocenters. The Hall–Kier alpha value is -2.57. The van der Waals surface area contributed by atoms with Crippen LogP contribution in [-0.2, 0) is 18.3 Å². The number of likely N-dealkylation sites (tertiary alicyclic amines) is 1. The number of carbonyl (C=O) groups is 1. The number of hydrogen-bond acceptors (Lipinski definition) is 5. The number of rotatable bonds is 3. The number of piperidine rings is 1. The molecule has 2 aliphatic rings. The molecular formula is C18H22N4O3. The quantitative estimate of drug-likeness (QED) is 0.846. The molecule has 7 heteroatoms. The van der Waals surface area contributed by atoms with Gasteiger partial charge in [0.1, 0.15) is 25.4 Å². The van der Waals surface area contributed by atoms with E-state index < -0.39 is 0 Å². The lowest BCUT2D eigenvalue weighted by atomic mass is 9.96. The smallest absolute Gasteiger partial charge is 0.227 e. The molecule has 0 N–H and O–H groups in total. The molecule has 0 aliphatic carbocycles. The Labute approximate surface area is 146 Å². The third-order valence-electron chi connectivity index (χ3n) is 4.85. The highest BCUT2D eigenvalue weighted by Gasteiger charge is 2.27. The monoisotopic (exact) mass is 342 g/mol. The van der Waals surface area contributed by atoms with Crippen LogP contribution in [0.3, 0.4) is 0 Å². The minimum Gasteiger partial charge on any atom is -0.486 e. The van der Waals surface area contributed by atoms with Crippen molar-refractivity contribution >= 4 is 5.91 Å². The molecule has 1 aromatic heterocycles. The van der Waals surface area contributed by atoms with Gasteiger partial charge in [-0.2, -0.15) is 0 Å². The number of aryl methyl sites for hydroxylation is 1. The molecule has 2 aromatic rings. The molecule has 4 rings (SSSR count). The molecule has 3 heterocycles. The van der Waals surface area contributed by atoms with Crippen LogP contribution in [0.1, 0.15) is 30.1 Å². The van der Waals surface area contributed by atoms with E-state index in [1.54, 1.807) is 6.33 Å². The van der Waals surface area contributed by atoms with E-state index in [1.165, 1.54) is 0 Å². The highest BCUT2D eigenvalue weighted by Crippen LogP contribution is 2.31. The third kappa shape index (κ3) is 3.31. The van der Waals surface area contributed by atoms with Crippen LogP contribution in [0.4, 0.5) is 0 Å². The fourth-order valence-electron chi connectivity index (χ4n) is 3.56. The van der Waals surface area contributed by atoms with Crippen molar-refractivity contribution < 1.29 is 14.3 Å². The Morgan fingerprint density at radius 1 is 1.28 bits per heavy atom. The van der Waals surface area contributed by atoms with Crippen molar-refractivity contribution in [1.82, 2.24) is 19.7 Å². The Morgan fingerprint density at radius 3 is 2.92 bits per heavy atom. The minimum absolute atomic E-state index is 0.142. The average Bonchev–Trinajstić information content (AvgIpc) is 3.08. The first kappa shape index (κ1) is 15.9. The number of amides is 1. The van der Waals surface area contributed by atoms with Crippen molar-refractivity contribution in [3.8, 4) is 11.5 Å². The number of carbonyl (C=O) groups excluding carboxylic acids is 1. The predicted molar refractivity (Wildman–Crippen MR) is 90.7 cm³/mol. The summed E-state index contributed by atoms with van der Waals surface area (Å²) in [7, 11) is 1.95. The van der Waals surface area contributed by atoms with Crippen LogP contribution in [0.15, 0.2) is 24.5 Å². The summed E-state index contributed by atoms with van der Waals surface area (Å²) in [6, 6.07) is 5.74. The van der Waals surface area contributed by atoms with Gasteiger partial charge < -0.3 is 18.9 Å². The van der Waals surface area contributed by atoms with Crippen LogP contribution in [0.2, 0.25) is 0 Å². The lowest BCUT2D eigenvalue weighted by molar-refractivity contribution is -0.131. The Kier molecular flexibility index (Phi) is 4.29. The van der Waals surface area contributed by atoms with Crippen LogP contribution in [0, 0.1) is 0 Å². The zero-order valence-corrected chi connectivity index (χ0v) is 14.4. The van der Waals surface area contributed by atoms with Crippen LogP contribution in [0.25, 0.3) is 0 Å². The second kappa shape index (κ2) is 6.74. The number of fused-ring (bicyclic) bond motifs is 1. The van der Waals surface area contributed by atoms with Gasteiger partial charge in [-0.3, -0.25) is 4.79 Å². The summed E-state index contributed by atoms with van der Waals surface area (Å²) in [6.07, 6.45) is 4.12. The standard InChI is InChI=1S/C18H22N4O3/c1-21-12-19-20-18(21)14-3-2-6-22(11-14)17(23)10-13-4-5-15-16(9-13)25-8-7-24-15/h4-5,9,12,14H,2-3,6-8,10-11H2,1H3/t14-/m0/s1. The second-order valence-electron chi connectivity index (χ2n) is 6.63. The summed E-state index contributed by atoms with van der Waals surface area (Å²) in [4.78, 5) is 14.7. The van der Waals surface area contributed by atoms with Gasteiger partial charge in [-0.1, -0.05) is 6.07 Å². The Bertz CT molecular complexity index is 773. The number of nitrogens with zero attached hydrogens (tertiary/aromatic N) is 4. The van der Waals surface area contributed by atoms with E-state index in [-0.39, 0.29) is 11.8 Å². The van der Waals surface area contributed by atoms with Gasteiger partial charge in [-0.05, 0) is 30.5 Å². The number of aromatic nitrogens is 3. The number of benzene rings is 1. The van der Waals surface area contributed by atoms with Gasteiger partial charge in [0.15, 0.2) is 11.5 Å². The van der Waals surface area contributed by atoms with E-state index >= 15 is 0 Å². The molecule has 1 amide bonds. The van der Waals surface area contributed by atoms with Gasteiger partial charge in [-0.25, -0.2) is 0 Å². The maximum Gasteiger partial charge on any atom is 0.227 e. The molecular weight excluding hydrogens is 320 g/mol. The lowest BCUT2D eigenvalue weighted by Gasteiger charge is -2.32. The largest absolute Gasteiger partial charge is 0.486 e. The SMILES string of the molecule is Cn1cnnc1[C@H]1CCCN(C(=O)Cc2ccc3c(c2)OCCO3)C1. The van der Waals surface area contributed by atoms with Gasteiger partial charge >= 0.3 is 0 Å². The van der Waals surface area contributed by atoms with E-state index in [4.69, 9.17) is 9.47 Å². The molecule has 2 aliphatic heterocycles. The molecule has 0 spiro atoms. The summed E-state index contributed by atoms with van der Waals surface area (Å²) >= 11 is 0. The van der Waals surface area contributed by atoms with Gasteiger partial charge in [0.25, 0.3) is 0 Å². The van der Waals surface area contributed by atoms with E-state index in [0.717, 1.165) is 42.3 Å². The maximum absolute atomic E-state index is 12.7. The predicted octanol–water partition coefficient (Wildman–Crippen LogP) is 1.53. The maximum atomic E-state index is 12.7. The van der Waals surface area contributed by atoms with E-state index in [1.807, 2.05) is 34.7 Å². The number of ether oxygens (including phenoxy) is 2. The van der Waals surface area contributed by atoms with Crippen molar-refractivity contribution in [2.45, 2.75) is 25.2 Å². The lowest BCUT2D eigenvalue weighted by Crippen LogP contribution is -2.40. The summed E-state index contributed by atoms with van der Waals surface area (Å²) < 4.78 is 13.1. The highest BCUT2D eigenvalue weighted by molar-refractivity contribution is 5.79. The van der Waals surface area contributed by atoms with Crippen molar-refractivity contribution in [1.29, 1.82) is 0 Å². The normalized spacial score (nSPS) is 19.7. The first-order valence-electron chi connectivity index (χ1n) is 8.71. The van der Waals surface area contributed by atoms with Gasteiger partial charge in [0.2, 0.25) is 5.91 Å². The topological polar surface area (TPSA) is 69.5 Å². The molecule has 0 saturated carbocycles. The molecule has 1 aromatic carbocycles. The van der Waals surface area contributed by atoms with Crippen LogP contribution < -0.4 is 9.47 Å². The average molecular weight is 342 g/mol. The van der Waals surface area contributed by atoms with E-state index in [9.17, 15) is 4.79 Å². The van der Waals surface area contributed by atoms with Gasteiger partial charge in [0, 0.05) is 26.1 Å². The van der Waals surface area contributed by atoms with E-state index in [0.29, 0.717) is 26.2 Å². The Balaban J connectivity index is 1.43. The first-order valence-corrected chi connectivity index (χ1v) is 8.71. The Morgan fingerprint density at radius 2 is 2.12 bits per heavy atom. The first-order chi connectivity index (χ1) is 12.2. The molecule has 0 unspecified atom stereocenters. The molecule has 1 fully saturated rings. The van der Waals surface area contributed by atoms with Gasteiger partial charge in [0.05, 0.1) is 6.42 Å². The molecule has 25 heavy (non-hydrogen) atoms. The van der Waals surface area contributed by atoms with Crippen LogP contribution in [0.5, 0.6) is 11.5 Å². The van der Waals surface area contributed by atoms with Crippen LogP contribution in [-0.4, -0.2) is 51.9 Å². The van der Waals surface area contributed by atoms with E-state index in [2.05, 4.69) is 10.2 Å². The zero-order chi connectivity index (χ0) is 17.2. The molecule has 0 bridgehead atoms. The minimum atomic E-state index is 0.142. The fourth-order valence-corrected chi connectivity index (χ4v) is 3.56. The summed E-state index contributed by atoms with van der Waals surface area (Å²) in [5, 5.41) is 8.17. The van der Waals surface area contributed by atoms with Crippen molar-refractivity contribution in [2.24, 2.45) is 7.05 Å². The van der Waals surface area contributed by atoms with Crippen molar-refractivity contribution in [2.75, 3.05) is 26.3 Å². The second-order valence-corrected chi connectivity index (χ2v) is 6.63. The van der Waals surface area contributed by atoms with Crippen molar-refractivity contribution in [3.05, 3.63) is 35.9 Å².